The number of nitro groups is 1. The molecular weight excluding hydrogens is 957 g/mol. The summed E-state index contributed by atoms with van der Waals surface area (Å²) >= 11 is 0. The predicted molar refractivity (Wildman–Crippen MR) is 289 cm³/mol. The van der Waals surface area contributed by atoms with Gasteiger partial charge >= 0.3 is 0 Å². The van der Waals surface area contributed by atoms with Crippen LogP contribution in [0.2, 0.25) is 0 Å². The number of nitro benzene ring substituents is 1. The quantitative estimate of drug-likeness (QED) is 0.0469. The normalized spacial score (nSPS) is 20.6. The van der Waals surface area contributed by atoms with Crippen molar-refractivity contribution in [3.63, 3.8) is 0 Å². The highest BCUT2D eigenvalue weighted by Gasteiger charge is 2.36. The van der Waals surface area contributed by atoms with E-state index in [-0.39, 0.29) is 34.4 Å². The molecule has 1 saturated carbocycles. The Bertz CT molecular complexity index is 3050. The maximum absolute atomic E-state index is 14.1. The van der Waals surface area contributed by atoms with Crippen molar-refractivity contribution in [3.05, 3.63) is 142 Å². The number of hydrogen-bond acceptors (Lipinski definition) is 13. The van der Waals surface area contributed by atoms with Crippen molar-refractivity contribution in [3.8, 4) is 17.2 Å². The number of methoxy groups -OCH3 is 1. The van der Waals surface area contributed by atoms with Gasteiger partial charge in [0.15, 0.2) is 0 Å². The first-order valence-electron chi connectivity index (χ1n) is 25.9. The zero-order valence-corrected chi connectivity index (χ0v) is 44.0. The Morgan fingerprint density at radius 1 is 0.932 bits per heavy atom. The monoisotopic (exact) mass is 1030 g/mol. The van der Waals surface area contributed by atoms with Crippen LogP contribution in [0.4, 0.5) is 17.1 Å². The highest BCUT2D eigenvalue weighted by Crippen LogP contribution is 2.41. The lowest BCUT2D eigenvalue weighted by molar-refractivity contribution is -0.384. The molecule has 4 aromatic carbocycles. The molecule has 3 aliphatic rings. The van der Waals surface area contributed by atoms with Gasteiger partial charge in [0.25, 0.3) is 21.6 Å². The van der Waals surface area contributed by atoms with Gasteiger partial charge in [-0.3, -0.25) is 24.7 Å². The van der Waals surface area contributed by atoms with Crippen LogP contribution >= 0.6 is 0 Å². The number of ether oxygens (including phenoxy) is 2. The van der Waals surface area contributed by atoms with Crippen molar-refractivity contribution in [2.75, 3.05) is 63.1 Å². The Hall–Kier alpha value is -6.53. The minimum absolute atomic E-state index is 0.0368. The summed E-state index contributed by atoms with van der Waals surface area (Å²) in [6.45, 7) is 15.5. The molecule has 4 heterocycles. The summed E-state index contributed by atoms with van der Waals surface area (Å²) in [5.41, 5.74) is 4.65. The van der Waals surface area contributed by atoms with Crippen LogP contribution in [0.25, 0.3) is 11.0 Å². The minimum Gasteiger partial charge on any atom is -0.497 e. The fourth-order valence-corrected chi connectivity index (χ4v) is 11.9. The number of anilines is 2. The molecule has 2 aliphatic heterocycles. The Balaban J connectivity index is 0.888. The molecule has 74 heavy (non-hydrogen) atoms. The van der Waals surface area contributed by atoms with Crippen LogP contribution in [0, 0.1) is 21.4 Å². The van der Waals surface area contributed by atoms with Gasteiger partial charge in [-0.05, 0) is 141 Å². The van der Waals surface area contributed by atoms with E-state index in [0.717, 1.165) is 101 Å². The highest BCUT2D eigenvalue weighted by molar-refractivity contribution is 7.90. The molecule has 1 aliphatic carbocycles. The van der Waals surface area contributed by atoms with Crippen molar-refractivity contribution in [2.24, 2.45) is 11.3 Å². The van der Waals surface area contributed by atoms with Crippen LogP contribution in [0.5, 0.6) is 17.2 Å². The third-order valence-electron chi connectivity index (χ3n) is 15.7. The summed E-state index contributed by atoms with van der Waals surface area (Å²) in [5, 5.41) is 26.5. The van der Waals surface area contributed by atoms with Gasteiger partial charge in [0, 0.05) is 81.3 Å². The summed E-state index contributed by atoms with van der Waals surface area (Å²) in [6.07, 6.45) is 9.04. The number of piperazine rings is 1. The van der Waals surface area contributed by atoms with E-state index in [4.69, 9.17) is 9.47 Å². The van der Waals surface area contributed by atoms with E-state index in [0.29, 0.717) is 36.7 Å². The third kappa shape index (κ3) is 12.3. The zero-order valence-electron chi connectivity index (χ0n) is 43.2. The molecule has 2 saturated heterocycles. The van der Waals surface area contributed by atoms with Crippen LogP contribution in [0.15, 0.2) is 114 Å². The molecule has 2 aromatic heterocycles. The van der Waals surface area contributed by atoms with Crippen molar-refractivity contribution in [1.82, 2.24) is 24.5 Å². The largest absolute Gasteiger partial charge is 0.497 e. The van der Waals surface area contributed by atoms with Gasteiger partial charge in [-0.25, -0.2) is 18.1 Å². The summed E-state index contributed by atoms with van der Waals surface area (Å²) in [5.74, 6) is 0.997. The minimum atomic E-state index is -4.59. The number of amides is 1. The summed E-state index contributed by atoms with van der Waals surface area (Å²) in [7, 11) is -2.90. The second-order valence-corrected chi connectivity index (χ2v) is 23.2. The van der Waals surface area contributed by atoms with E-state index in [1.54, 1.807) is 31.5 Å². The Morgan fingerprint density at radius 2 is 1.69 bits per heavy atom. The van der Waals surface area contributed by atoms with Crippen LogP contribution in [-0.2, 0) is 16.6 Å². The second-order valence-electron chi connectivity index (χ2n) is 21.5. The number of H-pyrrole nitrogens is 1. The van der Waals surface area contributed by atoms with E-state index < -0.39 is 37.0 Å². The topological polar surface area (TPSA) is 195 Å². The van der Waals surface area contributed by atoms with E-state index in [1.807, 2.05) is 31.2 Å². The number of pyridine rings is 1. The van der Waals surface area contributed by atoms with E-state index in [1.165, 1.54) is 35.0 Å². The maximum atomic E-state index is 14.1. The number of rotatable bonds is 18. The van der Waals surface area contributed by atoms with E-state index in [2.05, 4.69) is 91.9 Å². The number of carbonyl (C=O) groups is 1. The number of benzene rings is 4. The second kappa shape index (κ2) is 22.1. The average molecular weight is 1030 g/mol. The molecule has 4 N–H and O–H groups in total. The van der Waals surface area contributed by atoms with Gasteiger partial charge in [-0.1, -0.05) is 57.2 Å². The molecule has 0 spiro atoms. The zero-order chi connectivity index (χ0) is 52.2. The number of nitrogens with zero attached hydrogens (tertiary/aromatic N) is 5. The standard InChI is InChI=1S/C57H70N8O8S/c1-39(2)47-8-6-7-9-48(47)52-38-62(37-41-10-13-44(72-5)14-11-41)30-31-64(52)29-25-56(3)23-27-63(28-24-56)43-12-16-49(53(33-43)73-45-32-42-20-26-58-54(42)60-36-45)55(66)61-74(70,71)46-15-17-50(51(34-46)65(68)69)59-35-40-18-21-57(4,67)22-19-40/h6-17,20,26,32-34,36,39-40,52,59,67H,18-19,21-25,27-31,35,37-38H2,1-5H3,(H,58,60)(H,61,66)/t40?,52-,57?/m0/s1. The predicted octanol–water partition coefficient (Wildman–Crippen LogP) is 10.4. The fraction of sp³-hybridized carbons (Fsp3) is 0.439. The van der Waals surface area contributed by atoms with Crippen molar-refractivity contribution in [1.29, 1.82) is 0 Å². The number of piperidine rings is 1. The number of aliphatic hydroxyl groups is 1. The molecule has 17 heteroatoms. The number of aromatic nitrogens is 2. The lowest BCUT2D eigenvalue weighted by Crippen LogP contribution is -2.49. The number of aromatic amines is 1. The smallest absolute Gasteiger partial charge is 0.293 e. The molecule has 9 rings (SSSR count). The molecule has 0 radical (unpaired) electrons. The highest BCUT2D eigenvalue weighted by atomic mass is 32.2. The molecule has 3 fully saturated rings. The molecule has 0 unspecified atom stereocenters. The Labute approximate surface area is 434 Å². The summed E-state index contributed by atoms with van der Waals surface area (Å²) in [6, 6.07) is 29.9. The Morgan fingerprint density at radius 3 is 2.42 bits per heavy atom. The molecule has 16 nitrogen and oxygen atoms in total. The SMILES string of the molecule is COc1ccc(CN2CCN(CCC3(C)CCN(c4ccc(C(=O)NS(=O)(=O)c5ccc(NCC6CCC(C)(O)CC6)c([N+](=O)[O-])c5)c(Oc5cnc6[nH]ccc6c5)c4)CC3)[C@H](c3ccccc3C(C)C)C2)cc1. The lowest BCUT2D eigenvalue weighted by Gasteiger charge is -2.45. The van der Waals surface area contributed by atoms with Gasteiger partial charge in [0.1, 0.15) is 28.6 Å². The number of hydrogen-bond donors (Lipinski definition) is 4. The molecule has 0 bridgehead atoms. The van der Waals surface area contributed by atoms with Crippen LogP contribution < -0.4 is 24.4 Å². The first-order chi connectivity index (χ1) is 35.4. The molecular formula is C57H70N8O8S. The van der Waals surface area contributed by atoms with Gasteiger partial charge in [-0.2, -0.15) is 0 Å². The maximum Gasteiger partial charge on any atom is 0.293 e. The van der Waals surface area contributed by atoms with Crippen LogP contribution in [0.1, 0.15) is 112 Å². The summed E-state index contributed by atoms with van der Waals surface area (Å²) < 4.78 is 41.7. The van der Waals surface area contributed by atoms with Crippen molar-refractivity contribution >= 4 is 44.0 Å². The summed E-state index contributed by atoms with van der Waals surface area (Å²) in [4.78, 5) is 40.4. The first-order valence-corrected chi connectivity index (χ1v) is 27.4. The van der Waals surface area contributed by atoms with Crippen LogP contribution in [-0.4, -0.2) is 103 Å². The Kier molecular flexibility index (Phi) is 15.7. The third-order valence-corrected chi connectivity index (χ3v) is 17.1. The van der Waals surface area contributed by atoms with E-state index >= 15 is 0 Å². The fourth-order valence-electron chi connectivity index (χ4n) is 10.9. The number of carbonyl (C=O) groups excluding carboxylic acids is 1. The van der Waals surface area contributed by atoms with Crippen molar-refractivity contribution < 1.29 is 32.7 Å². The average Bonchev–Trinajstić information content (AvgIpc) is 3.86. The molecule has 1 atom stereocenters. The van der Waals surface area contributed by atoms with Gasteiger partial charge < -0.3 is 29.8 Å². The molecule has 6 aromatic rings. The lowest BCUT2D eigenvalue weighted by atomic mass is 9.77. The van der Waals surface area contributed by atoms with Crippen molar-refractivity contribution in [2.45, 2.75) is 102 Å². The van der Waals surface area contributed by atoms with Crippen LogP contribution in [0.3, 0.4) is 0 Å². The van der Waals surface area contributed by atoms with E-state index in [9.17, 15) is 28.4 Å². The molecule has 392 valence electrons. The number of fused-ring (bicyclic) bond motifs is 1. The van der Waals surface area contributed by atoms with Gasteiger partial charge in [0.2, 0.25) is 0 Å². The number of nitrogens with one attached hydrogen (secondary N) is 3. The van der Waals surface area contributed by atoms with Gasteiger partial charge in [-0.15, -0.1) is 0 Å². The molecule has 1 amide bonds. The van der Waals surface area contributed by atoms with Gasteiger partial charge in [0.05, 0.1) is 34.3 Å². The first kappa shape index (κ1) is 52.3. The number of sulfonamides is 1.